The van der Waals surface area contributed by atoms with Gasteiger partial charge in [0.25, 0.3) is 41.3 Å². The molecule has 20 rings (SSSR count). The van der Waals surface area contributed by atoms with Crippen molar-refractivity contribution < 1.29 is 68.9 Å². The van der Waals surface area contributed by atoms with Crippen molar-refractivity contribution in [2.45, 2.75) is 134 Å². The highest BCUT2D eigenvalue weighted by Crippen LogP contribution is 2.47. The molecule has 34 heteroatoms. The third-order valence-corrected chi connectivity index (χ3v) is 23.3. The van der Waals surface area contributed by atoms with Crippen LogP contribution < -0.4 is 18.9 Å². The van der Waals surface area contributed by atoms with Gasteiger partial charge in [-0.15, -0.1) is 4.80 Å². The van der Waals surface area contributed by atoms with Crippen molar-refractivity contribution in [3.05, 3.63) is 269 Å². The van der Waals surface area contributed by atoms with Crippen LogP contribution in [0.4, 0.5) is 30.7 Å². The average molecular weight is 1660 g/mol. The molecule has 4 aliphatic heterocycles. The fourth-order valence-corrected chi connectivity index (χ4v) is 18.0. The number of fused-ring (bicyclic) bond motifs is 8. The Balaban J connectivity index is 0.000000116. The van der Waals surface area contributed by atoms with Crippen LogP contribution in [0.3, 0.4) is 0 Å². The highest BCUT2D eigenvalue weighted by Gasteiger charge is 2.54. The van der Waals surface area contributed by atoms with Crippen LogP contribution in [0.15, 0.2) is 196 Å². The van der Waals surface area contributed by atoms with E-state index in [1.165, 1.54) is 70.6 Å². The van der Waals surface area contributed by atoms with E-state index in [4.69, 9.17) is 18.9 Å². The van der Waals surface area contributed by atoms with Gasteiger partial charge in [0.1, 0.15) is 41.5 Å². The zero-order valence-corrected chi connectivity index (χ0v) is 66.3. The van der Waals surface area contributed by atoms with Crippen LogP contribution in [-0.4, -0.2) is 193 Å². The number of piperidine rings is 4. The van der Waals surface area contributed by atoms with Crippen LogP contribution in [0.1, 0.15) is 121 Å². The molecule has 4 saturated carbocycles. The SMILES string of the molecule is Cc1cnc(OC2CC3CC2N(C(=O)c2ccccc2-c2ncccn2)C3)c(F)c1.Cc1cnc(OC2CC3CC2N(C(=O)c2ccccc2-n2nccn2)C3)c(F)c1.Cc1cnc(OC2CC3CC2N(C(=O)c2nc(C)ccc2-n2nccn2)C3)c(F)c1.O=C(c1cccc(F)c1-c1ncccn1)N1CC2CC(Oc3ncccc3C(F)(F)F)C1C2. The minimum Gasteiger partial charge on any atom is -0.472 e. The zero-order valence-electron chi connectivity index (χ0n) is 66.3. The number of aromatic nitrogens is 15. The number of rotatable bonds is 16. The molecule has 0 radical (unpaired) electrons. The zero-order chi connectivity index (χ0) is 84.6. The largest absolute Gasteiger partial charge is 0.472 e. The number of aryl methyl sites for hydroxylation is 4. The van der Waals surface area contributed by atoms with Crippen LogP contribution >= 0.6 is 0 Å². The highest BCUT2D eigenvalue weighted by molar-refractivity contribution is 6.02. The summed E-state index contributed by atoms with van der Waals surface area (Å²) in [4.78, 5) is 101. The van der Waals surface area contributed by atoms with Gasteiger partial charge < -0.3 is 38.5 Å². The van der Waals surface area contributed by atoms with E-state index >= 15 is 0 Å². The topological polar surface area (TPSA) is 296 Å². The van der Waals surface area contributed by atoms with Crippen molar-refractivity contribution in [1.29, 1.82) is 0 Å². The molecule has 4 saturated heterocycles. The van der Waals surface area contributed by atoms with Gasteiger partial charge in [0.05, 0.1) is 76.9 Å². The number of nitrogens with zero attached hydrogens (tertiary/aromatic N) is 19. The Kier molecular flexibility index (Phi) is 22.7. The summed E-state index contributed by atoms with van der Waals surface area (Å²) in [5.74, 6) is -1.67. The summed E-state index contributed by atoms with van der Waals surface area (Å²) < 4.78 is 121. The molecule has 13 heterocycles. The number of benzene rings is 3. The van der Waals surface area contributed by atoms with Crippen LogP contribution in [0.2, 0.25) is 0 Å². The average Bonchev–Trinajstić information content (AvgIpc) is 1.62. The maximum absolute atomic E-state index is 14.7. The first-order chi connectivity index (χ1) is 59.0. The maximum Gasteiger partial charge on any atom is 0.421 e. The molecule has 27 nitrogen and oxygen atoms in total. The molecule has 4 aliphatic carbocycles. The van der Waals surface area contributed by atoms with Crippen LogP contribution in [0.25, 0.3) is 34.2 Å². The molecule has 4 amide bonds. The molecular weight excluding hydrogens is 1580 g/mol. The molecular formula is C88H80F7N19O8. The number of carbonyl (C=O) groups excluding carboxylic acids is 4. The number of halogens is 7. The molecule has 624 valence electrons. The number of carbonyl (C=O) groups is 4. The second-order valence-corrected chi connectivity index (χ2v) is 31.7. The van der Waals surface area contributed by atoms with Crippen LogP contribution in [-0.2, 0) is 6.18 Å². The van der Waals surface area contributed by atoms with Gasteiger partial charge in [-0.05, 0) is 204 Å². The Labute approximate surface area is 694 Å². The lowest BCUT2D eigenvalue weighted by atomic mass is 10.0. The maximum atomic E-state index is 14.7. The second-order valence-electron chi connectivity index (χ2n) is 31.7. The number of likely N-dealkylation sites (tertiary alicyclic amines) is 4. The van der Waals surface area contributed by atoms with Gasteiger partial charge in [-0.3, -0.25) is 19.2 Å². The van der Waals surface area contributed by atoms with Crippen molar-refractivity contribution >= 4 is 23.6 Å². The van der Waals surface area contributed by atoms with E-state index in [0.717, 1.165) is 67.0 Å². The fraction of sp³-hybridized carbons (Fsp3) is 0.330. The van der Waals surface area contributed by atoms with Crippen molar-refractivity contribution in [1.82, 2.24) is 94.4 Å². The summed E-state index contributed by atoms with van der Waals surface area (Å²) in [5.41, 5.74) is 5.35. The van der Waals surface area contributed by atoms with Gasteiger partial charge in [-0.25, -0.2) is 62.4 Å². The van der Waals surface area contributed by atoms with Gasteiger partial charge in [0.15, 0.2) is 34.8 Å². The van der Waals surface area contributed by atoms with E-state index in [-0.39, 0.29) is 94.7 Å². The molecule has 0 N–H and O–H groups in total. The second kappa shape index (κ2) is 34.3. The third kappa shape index (κ3) is 16.8. The Morgan fingerprint density at radius 2 is 0.770 bits per heavy atom. The van der Waals surface area contributed by atoms with Crippen molar-refractivity contribution in [2.75, 3.05) is 26.2 Å². The van der Waals surface area contributed by atoms with E-state index in [1.807, 2.05) is 59.2 Å². The van der Waals surface area contributed by atoms with E-state index in [9.17, 15) is 49.9 Å². The number of hydrogen-bond donors (Lipinski definition) is 0. The van der Waals surface area contributed by atoms with E-state index < -0.39 is 58.9 Å². The highest BCUT2D eigenvalue weighted by atomic mass is 19.4. The Morgan fingerprint density at radius 1 is 0.369 bits per heavy atom. The van der Waals surface area contributed by atoms with Gasteiger partial charge >= 0.3 is 6.18 Å². The van der Waals surface area contributed by atoms with Gasteiger partial charge in [0, 0.05) is 87.0 Å². The van der Waals surface area contributed by atoms with Crippen LogP contribution in [0.5, 0.6) is 23.5 Å². The van der Waals surface area contributed by atoms with Crippen molar-refractivity contribution in [3.63, 3.8) is 0 Å². The molecule has 8 aliphatic rings. The summed E-state index contributed by atoms with van der Waals surface area (Å²) in [5, 5.41) is 16.6. The molecule has 0 spiro atoms. The van der Waals surface area contributed by atoms with E-state index in [2.05, 4.69) is 65.3 Å². The van der Waals surface area contributed by atoms with Gasteiger partial charge in [0.2, 0.25) is 5.88 Å². The monoisotopic (exact) mass is 1660 g/mol. The normalized spacial score (nSPS) is 22.4. The summed E-state index contributed by atoms with van der Waals surface area (Å²) >= 11 is 0. The first kappa shape index (κ1) is 80.8. The quantitative estimate of drug-likeness (QED) is 0.0812. The van der Waals surface area contributed by atoms with Crippen LogP contribution in [0, 0.1) is 74.6 Å². The molecule has 12 aromatic rings. The van der Waals surface area contributed by atoms with Gasteiger partial charge in [-0.1, -0.05) is 36.4 Å². The minimum atomic E-state index is -4.61. The first-order valence-electron chi connectivity index (χ1n) is 40.0. The van der Waals surface area contributed by atoms with Gasteiger partial charge in [-0.2, -0.15) is 38.4 Å². The lowest BCUT2D eigenvalue weighted by Crippen LogP contribution is -2.47. The summed E-state index contributed by atoms with van der Waals surface area (Å²) in [6, 6.07) is 31.3. The third-order valence-electron chi connectivity index (χ3n) is 23.3. The molecule has 8 fully saturated rings. The Morgan fingerprint density at radius 3 is 1.24 bits per heavy atom. The molecule has 3 aromatic carbocycles. The standard InChI is InChI=1S/C23H18F4N4O2.C23H21FN4O2.C21H21FN6O2.C21H20FN5O2/c24-16-6-1-4-14(19(16)20-28-8-3-9-29-20)22(32)31-12-13-10-17(31)18(11-13)33-21-15(23(25,26)27)5-2-7-30-21;1-14-9-18(24)22(27-12-14)30-20-11-15-10-19(20)28(13-15)23(29)17-6-3-2-5-16(17)21-25-7-4-8-26-21;1-12-7-15(22)20(23-10-12)30-18-9-14-8-17(18)27(11-14)21(29)19-16(4-3-13(2)26-19)28-24-5-6-25-28;1-13-8-16(22)20(23-11-13)29-19-10-14-9-18(19)26(12-14)21(28)15-4-2-3-5-17(15)27-24-6-7-25-27/h1-9,13,17-18H,10-12H2;2-9,12,15,19-20H,10-11,13H2,1H3;3-7,10,14,17-18H,8-9,11H2,1-2H3;2-8,11,14,18-19H,9-10,12H2,1H3. The molecule has 122 heavy (non-hydrogen) atoms. The van der Waals surface area contributed by atoms with E-state index in [1.54, 1.807) is 117 Å². The summed E-state index contributed by atoms with van der Waals surface area (Å²) in [7, 11) is 0. The van der Waals surface area contributed by atoms with E-state index in [0.29, 0.717) is 96.4 Å². The lowest BCUT2D eigenvalue weighted by Gasteiger charge is -2.34. The molecule has 9 aromatic heterocycles. The molecule has 12 unspecified atom stereocenters. The molecule has 8 bridgehead atoms. The number of hydrogen-bond acceptors (Lipinski definition) is 21. The first-order valence-corrected chi connectivity index (χ1v) is 40.0. The molecule has 12 atom stereocenters. The Bertz CT molecular complexity index is 5850. The Hall–Kier alpha value is -13.6. The number of ether oxygens (including phenoxy) is 4. The predicted molar refractivity (Wildman–Crippen MR) is 424 cm³/mol. The number of pyridine rings is 5. The smallest absolute Gasteiger partial charge is 0.421 e. The predicted octanol–water partition coefficient (Wildman–Crippen LogP) is 13.3. The minimum absolute atomic E-state index is 0.00157. The number of amides is 4. The summed E-state index contributed by atoms with van der Waals surface area (Å²) in [6.45, 7) is 9.59. The number of para-hydroxylation sites is 1. The van der Waals surface area contributed by atoms with Crippen molar-refractivity contribution in [2.24, 2.45) is 23.7 Å². The fourth-order valence-electron chi connectivity index (χ4n) is 18.0. The van der Waals surface area contributed by atoms with Crippen molar-refractivity contribution in [3.8, 4) is 57.7 Å². The number of alkyl halides is 3. The lowest BCUT2D eigenvalue weighted by molar-refractivity contribution is -0.140. The summed E-state index contributed by atoms with van der Waals surface area (Å²) in [6.07, 6.45) is 18.4.